The van der Waals surface area contributed by atoms with Gasteiger partial charge in [-0.3, -0.25) is 0 Å². The normalized spacial score (nSPS) is 11.7. The van der Waals surface area contributed by atoms with Crippen LogP contribution in [0.3, 0.4) is 0 Å². The van der Waals surface area contributed by atoms with Crippen molar-refractivity contribution in [3.05, 3.63) is 91.8 Å². The number of benzene rings is 2. The van der Waals surface area contributed by atoms with Gasteiger partial charge in [-0.25, -0.2) is 21.8 Å². The minimum absolute atomic E-state index is 0.221. The van der Waals surface area contributed by atoms with E-state index in [0.29, 0.717) is 14.5 Å². The van der Waals surface area contributed by atoms with Crippen molar-refractivity contribution in [3.8, 4) is 0 Å². The Balaban J connectivity index is 2.15. The van der Waals surface area contributed by atoms with Crippen LogP contribution in [0.4, 0.5) is 5.82 Å². The summed E-state index contributed by atoms with van der Waals surface area (Å²) >= 11 is 14.9. The van der Waals surface area contributed by atoms with Gasteiger partial charge in [0.2, 0.25) is 19.7 Å². The number of nitrogens with zero attached hydrogens (tertiary/aromatic N) is 1. The average molecular weight is 548 g/mol. The third-order valence-corrected chi connectivity index (χ3v) is 9.21. The monoisotopic (exact) mass is 546 g/mol. The lowest BCUT2D eigenvalue weighted by atomic mass is 10.4. The summed E-state index contributed by atoms with van der Waals surface area (Å²) in [7, 11) is -8.86. The summed E-state index contributed by atoms with van der Waals surface area (Å²) in [5, 5.41) is 3.28. The summed E-state index contributed by atoms with van der Waals surface area (Å²) in [4.78, 5) is 3.61. The largest absolute Gasteiger partial charge is 0.345 e. The molecule has 0 saturated carbocycles. The highest BCUT2D eigenvalue weighted by molar-refractivity contribution is 9.10. The van der Waals surface area contributed by atoms with Crippen molar-refractivity contribution in [1.82, 2.24) is 4.98 Å². The summed E-state index contributed by atoms with van der Waals surface area (Å²) in [5.74, 6) is 0.258. The van der Waals surface area contributed by atoms with Gasteiger partial charge in [-0.05, 0) is 76.6 Å². The predicted molar refractivity (Wildman–Crippen MR) is 121 cm³/mol. The molecule has 1 heterocycles. The second-order valence-electron chi connectivity index (χ2n) is 5.88. The van der Waals surface area contributed by atoms with E-state index in [9.17, 15) is 16.8 Å². The van der Waals surface area contributed by atoms with E-state index in [4.69, 9.17) is 23.2 Å². The van der Waals surface area contributed by atoms with Crippen LogP contribution in [0.2, 0.25) is 10.0 Å². The van der Waals surface area contributed by atoms with Crippen LogP contribution < -0.4 is 5.32 Å². The number of rotatable bonds is 6. The predicted octanol–water partition coefficient (Wildman–Crippen LogP) is 5.31. The zero-order valence-corrected chi connectivity index (χ0v) is 19.7. The Hall–Kier alpha value is -1.91. The smallest absolute Gasteiger partial charge is 0.219 e. The first-order chi connectivity index (χ1) is 14.1. The van der Waals surface area contributed by atoms with Gasteiger partial charge in [0.25, 0.3) is 0 Å². The molecule has 0 fully saturated rings. The molecule has 0 bridgehead atoms. The third kappa shape index (κ3) is 5.04. The molecule has 156 valence electrons. The maximum Gasteiger partial charge on any atom is 0.219 e. The SMILES string of the molecule is O=S(=O)(C(=CNc1ccc(Br)cn1)S(=O)(=O)c1ccc(Cl)cc1)c1ccc(Cl)cc1. The highest BCUT2D eigenvalue weighted by atomic mass is 79.9. The summed E-state index contributed by atoms with van der Waals surface area (Å²) < 4.78 is 52.8. The van der Waals surface area contributed by atoms with Crippen molar-refractivity contribution >= 4 is 64.6 Å². The highest BCUT2D eigenvalue weighted by Crippen LogP contribution is 2.30. The lowest BCUT2D eigenvalue weighted by Gasteiger charge is -2.12. The minimum Gasteiger partial charge on any atom is -0.345 e. The maximum absolute atomic E-state index is 13.2. The molecule has 11 heteroatoms. The molecule has 0 aliphatic heterocycles. The number of aromatic nitrogens is 1. The first-order valence-electron chi connectivity index (χ1n) is 8.20. The van der Waals surface area contributed by atoms with E-state index in [1.54, 1.807) is 12.1 Å². The molecule has 0 spiro atoms. The molecule has 1 N–H and O–H groups in total. The Morgan fingerprint density at radius 2 is 1.27 bits per heavy atom. The van der Waals surface area contributed by atoms with Gasteiger partial charge in [0.05, 0.1) is 9.79 Å². The Morgan fingerprint density at radius 1 is 0.800 bits per heavy atom. The Morgan fingerprint density at radius 3 is 1.67 bits per heavy atom. The lowest BCUT2D eigenvalue weighted by molar-refractivity contribution is 0.595. The Bertz CT molecular complexity index is 1210. The molecule has 0 saturated heterocycles. The van der Waals surface area contributed by atoms with Crippen LogP contribution in [0.1, 0.15) is 0 Å². The molecule has 6 nitrogen and oxygen atoms in total. The van der Waals surface area contributed by atoms with Crippen molar-refractivity contribution in [2.24, 2.45) is 0 Å². The van der Waals surface area contributed by atoms with E-state index in [2.05, 4.69) is 26.2 Å². The minimum atomic E-state index is -4.43. The zero-order valence-electron chi connectivity index (χ0n) is 15.0. The van der Waals surface area contributed by atoms with Crippen molar-refractivity contribution in [2.45, 2.75) is 9.79 Å². The molecule has 0 aliphatic carbocycles. The van der Waals surface area contributed by atoms with E-state index in [0.717, 1.165) is 6.20 Å². The topological polar surface area (TPSA) is 93.2 Å². The fourth-order valence-electron chi connectivity index (χ4n) is 2.35. The van der Waals surface area contributed by atoms with Crippen molar-refractivity contribution < 1.29 is 16.8 Å². The van der Waals surface area contributed by atoms with Crippen LogP contribution in [0, 0.1) is 0 Å². The van der Waals surface area contributed by atoms with Gasteiger partial charge in [0.15, 0.2) is 4.24 Å². The Labute approximate surface area is 192 Å². The second-order valence-corrected chi connectivity index (χ2v) is 11.8. The van der Waals surface area contributed by atoms with Crippen molar-refractivity contribution in [3.63, 3.8) is 0 Å². The molecule has 30 heavy (non-hydrogen) atoms. The number of anilines is 1. The van der Waals surface area contributed by atoms with E-state index in [-0.39, 0.29) is 15.6 Å². The van der Waals surface area contributed by atoms with E-state index < -0.39 is 23.9 Å². The van der Waals surface area contributed by atoms with Gasteiger partial charge in [-0.1, -0.05) is 23.2 Å². The molecule has 3 rings (SSSR count). The fraction of sp³-hybridized carbons (Fsp3) is 0. The summed E-state index contributed by atoms with van der Waals surface area (Å²) in [6.45, 7) is 0. The molecule has 1 aromatic heterocycles. The number of hydrogen-bond donors (Lipinski definition) is 1. The molecular formula is C19H13BrCl2N2O4S2. The molecule has 2 aromatic carbocycles. The standard InChI is InChI=1S/C19H13BrCl2N2O4S2/c20-13-1-10-18(23-11-13)24-12-19(29(25,26)16-6-2-14(21)3-7-16)30(27,28)17-8-4-15(22)5-9-17/h1-12H,(H,23,24). The van der Waals surface area contributed by atoms with Crippen LogP contribution in [0.25, 0.3) is 0 Å². The van der Waals surface area contributed by atoms with Gasteiger partial charge in [-0.2, -0.15) is 0 Å². The van der Waals surface area contributed by atoms with Crippen molar-refractivity contribution in [2.75, 3.05) is 5.32 Å². The molecular weight excluding hydrogens is 535 g/mol. The first kappa shape index (κ1) is 22.8. The lowest BCUT2D eigenvalue weighted by Crippen LogP contribution is -2.16. The van der Waals surface area contributed by atoms with E-state index in [1.807, 2.05) is 0 Å². The van der Waals surface area contributed by atoms with Crippen LogP contribution in [0.5, 0.6) is 0 Å². The maximum atomic E-state index is 13.2. The number of sulfone groups is 2. The van der Waals surface area contributed by atoms with Gasteiger partial charge < -0.3 is 5.32 Å². The second kappa shape index (κ2) is 9.07. The summed E-state index contributed by atoms with van der Waals surface area (Å²) in [5.41, 5.74) is 0. The van der Waals surface area contributed by atoms with Gasteiger partial charge >= 0.3 is 0 Å². The third-order valence-electron chi connectivity index (χ3n) is 3.84. The first-order valence-corrected chi connectivity index (χ1v) is 12.7. The molecule has 0 unspecified atom stereocenters. The van der Waals surface area contributed by atoms with Crippen LogP contribution >= 0.6 is 39.1 Å². The number of pyridine rings is 1. The van der Waals surface area contributed by atoms with E-state index >= 15 is 0 Å². The average Bonchev–Trinajstić information content (AvgIpc) is 2.70. The molecule has 0 radical (unpaired) electrons. The quantitative estimate of drug-likeness (QED) is 0.449. The van der Waals surface area contributed by atoms with Crippen LogP contribution in [-0.4, -0.2) is 21.8 Å². The number of halogens is 3. The number of hydrogen-bond acceptors (Lipinski definition) is 6. The zero-order chi connectivity index (χ0) is 21.9. The summed E-state index contributed by atoms with van der Waals surface area (Å²) in [6, 6.07) is 13.6. The Kier molecular flexibility index (Phi) is 6.88. The highest BCUT2D eigenvalue weighted by Gasteiger charge is 2.33. The van der Waals surface area contributed by atoms with Crippen LogP contribution in [0.15, 0.2) is 91.6 Å². The number of nitrogens with one attached hydrogen (secondary N) is 1. The van der Waals surface area contributed by atoms with Crippen molar-refractivity contribution in [1.29, 1.82) is 0 Å². The summed E-state index contributed by atoms with van der Waals surface area (Å²) in [6.07, 6.45) is 2.39. The fourth-order valence-corrected chi connectivity index (χ4v) is 6.45. The molecule has 3 aromatic rings. The molecule has 0 atom stereocenters. The molecule has 0 amide bonds. The molecule has 0 aliphatic rings. The van der Waals surface area contributed by atoms with Gasteiger partial charge in [-0.15, -0.1) is 0 Å². The van der Waals surface area contributed by atoms with Gasteiger partial charge in [0.1, 0.15) is 5.82 Å². The van der Waals surface area contributed by atoms with E-state index in [1.165, 1.54) is 54.7 Å². The van der Waals surface area contributed by atoms with Crippen LogP contribution in [-0.2, 0) is 19.7 Å². The van der Waals surface area contributed by atoms with Gasteiger partial charge in [0, 0.05) is 26.9 Å².